The van der Waals surface area contributed by atoms with Gasteiger partial charge in [-0.2, -0.15) is 0 Å². The Labute approximate surface area is 106 Å². The van der Waals surface area contributed by atoms with Gasteiger partial charge in [-0.25, -0.2) is 4.79 Å². The third-order valence-electron chi connectivity index (χ3n) is 2.69. The molecule has 0 fully saturated rings. The molecule has 0 aliphatic rings. The van der Waals surface area contributed by atoms with Crippen LogP contribution in [-0.2, 0) is 9.59 Å². The van der Waals surface area contributed by atoms with Gasteiger partial charge in [-0.15, -0.1) is 0 Å². The number of carboxylic acids is 1. The first-order valence-electron chi connectivity index (χ1n) is 5.77. The zero-order chi connectivity index (χ0) is 13.7. The molecule has 1 aromatic rings. The average Bonchev–Trinajstić information content (AvgIpc) is 2.35. The monoisotopic (exact) mass is 250 g/mol. The molecule has 0 saturated heterocycles. The highest BCUT2D eigenvalue weighted by Crippen LogP contribution is 2.13. The van der Waals surface area contributed by atoms with E-state index in [1.807, 2.05) is 13.8 Å². The zero-order valence-electron chi connectivity index (χ0n) is 10.5. The molecule has 0 bridgehead atoms. The number of rotatable bonds is 5. The summed E-state index contributed by atoms with van der Waals surface area (Å²) in [6.07, 6.45) is 0. The molecule has 0 aliphatic carbocycles. The molecular formula is C13H18N2O3. The second kappa shape index (κ2) is 6.16. The quantitative estimate of drug-likeness (QED) is 0.724. The van der Waals surface area contributed by atoms with E-state index in [2.05, 4.69) is 5.32 Å². The van der Waals surface area contributed by atoms with Crippen LogP contribution in [0.3, 0.4) is 0 Å². The lowest BCUT2D eigenvalue weighted by Crippen LogP contribution is -2.46. The normalized spacial score (nSPS) is 14.0. The molecular weight excluding hydrogens is 232 g/mol. The standard InChI is InChI=1S/C13H18N2O3/c1-8(2)10(14)12(16)15-11(13(17)18)9-6-4-3-5-7-9/h3-8,10-11H,14H2,1-2H3,(H,15,16)(H,17,18)/t10-,11+/m1/s1. The Morgan fingerprint density at radius 3 is 2.22 bits per heavy atom. The van der Waals surface area contributed by atoms with Gasteiger partial charge in [-0.1, -0.05) is 44.2 Å². The summed E-state index contributed by atoms with van der Waals surface area (Å²) in [4.78, 5) is 22.9. The lowest BCUT2D eigenvalue weighted by atomic mass is 10.0. The van der Waals surface area contributed by atoms with Crippen LogP contribution < -0.4 is 11.1 Å². The molecule has 1 aromatic carbocycles. The summed E-state index contributed by atoms with van der Waals surface area (Å²) < 4.78 is 0. The van der Waals surface area contributed by atoms with E-state index < -0.39 is 24.0 Å². The molecule has 0 aliphatic heterocycles. The summed E-state index contributed by atoms with van der Waals surface area (Å²) in [7, 11) is 0. The van der Waals surface area contributed by atoms with E-state index in [0.717, 1.165) is 0 Å². The number of nitrogens with two attached hydrogens (primary N) is 1. The van der Waals surface area contributed by atoms with Crippen molar-refractivity contribution in [1.82, 2.24) is 5.32 Å². The second-order valence-electron chi connectivity index (χ2n) is 4.46. The molecule has 0 spiro atoms. The lowest BCUT2D eigenvalue weighted by Gasteiger charge is -2.20. The lowest BCUT2D eigenvalue weighted by molar-refractivity contribution is -0.142. The number of amides is 1. The van der Waals surface area contributed by atoms with Gasteiger partial charge in [0.25, 0.3) is 0 Å². The van der Waals surface area contributed by atoms with E-state index in [0.29, 0.717) is 5.56 Å². The van der Waals surface area contributed by atoms with E-state index in [1.54, 1.807) is 30.3 Å². The Balaban J connectivity index is 2.83. The maximum absolute atomic E-state index is 11.8. The summed E-state index contributed by atoms with van der Waals surface area (Å²) in [5.74, 6) is -1.61. The Morgan fingerprint density at radius 2 is 1.78 bits per heavy atom. The van der Waals surface area contributed by atoms with Gasteiger partial charge >= 0.3 is 5.97 Å². The van der Waals surface area contributed by atoms with Crippen molar-refractivity contribution < 1.29 is 14.7 Å². The van der Waals surface area contributed by atoms with E-state index in [9.17, 15) is 9.59 Å². The van der Waals surface area contributed by atoms with Crippen molar-refractivity contribution in [3.63, 3.8) is 0 Å². The molecule has 2 atom stereocenters. The maximum atomic E-state index is 11.8. The summed E-state index contributed by atoms with van der Waals surface area (Å²) in [6.45, 7) is 3.62. The van der Waals surface area contributed by atoms with Crippen LogP contribution in [0.25, 0.3) is 0 Å². The van der Waals surface area contributed by atoms with Gasteiger partial charge in [-0.3, -0.25) is 4.79 Å². The van der Waals surface area contributed by atoms with Crippen LogP contribution in [-0.4, -0.2) is 23.0 Å². The Kier molecular flexibility index (Phi) is 4.85. The minimum absolute atomic E-state index is 0.0461. The first-order chi connectivity index (χ1) is 8.43. The van der Waals surface area contributed by atoms with E-state index >= 15 is 0 Å². The smallest absolute Gasteiger partial charge is 0.330 e. The third kappa shape index (κ3) is 3.56. The van der Waals surface area contributed by atoms with Gasteiger partial charge in [0.2, 0.25) is 5.91 Å². The Morgan fingerprint density at radius 1 is 1.22 bits per heavy atom. The maximum Gasteiger partial charge on any atom is 0.330 e. The number of benzene rings is 1. The topological polar surface area (TPSA) is 92.4 Å². The molecule has 1 amide bonds. The molecule has 5 nitrogen and oxygen atoms in total. The molecule has 1 rings (SSSR count). The van der Waals surface area contributed by atoms with Gasteiger partial charge in [0.1, 0.15) is 0 Å². The molecule has 0 heterocycles. The van der Waals surface area contributed by atoms with Gasteiger partial charge in [0, 0.05) is 0 Å². The van der Waals surface area contributed by atoms with Crippen molar-refractivity contribution in [3.05, 3.63) is 35.9 Å². The highest BCUT2D eigenvalue weighted by atomic mass is 16.4. The number of aliphatic carboxylic acids is 1. The fourth-order valence-electron chi connectivity index (χ4n) is 1.47. The van der Waals surface area contributed by atoms with Crippen molar-refractivity contribution in [2.45, 2.75) is 25.9 Å². The molecule has 98 valence electrons. The zero-order valence-corrected chi connectivity index (χ0v) is 10.5. The van der Waals surface area contributed by atoms with Gasteiger partial charge in [-0.05, 0) is 11.5 Å². The Bertz CT molecular complexity index is 418. The summed E-state index contributed by atoms with van der Waals surface area (Å²) in [5, 5.41) is 11.6. The highest BCUT2D eigenvalue weighted by Gasteiger charge is 2.25. The largest absolute Gasteiger partial charge is 0.479 e. The predicted octanol–water partition coefficient (Wildman–Crippen LogP) is 0.912. The summed E-state index contributed by atoms with van der Waals surface area (Å²) >= 11 is 0. The van der Waals surface area contributed by atoms with Crippen molar-refractivity contribution in [2.24, 2.45) is 11.7 Å². The number of hydrogen-bond acceptors (Lipinski definition) is 3. The minimum Gasteiger partial charge on any atom is -0.479 e. The molecule has 18 heavy (non-hydrogen) atoms. The van der Waals surface area contributed by atoms with Crippen LogP contribution >= 0.6 is 0 Å². The number of nitrogens with one attached hydrogen (secondary N) is 1. The first kappa shape index (κ1) is 14.2. The number of carbonyl (C=O) groups excluding carboxylic acids is 1. The average molecular weight is 250 g/mol. The van der Waals surface area contributed by atoms with Crippen molar-refractivity contribution >= 4 is 11.9 Å². The van der Waals surface area contributed by atoms with Crippen LogP contribution in [0.4, 0.5) is 0 Å². The van der Waals surface area contributed by atoms with Crippen LogP contribution in [0.1, 0.15) is 25.5 Å². The molecule has 5 heteroatoms. The molecule has 0 unspecified atom stereocenters. The SMILES string of the molecule is CC(C)[C@@H](N)C(=O)N[C@H](C(=O)O)c1ccccc1. The molecule has 0 aromatic heterocycles. The predicted molar refractivity (Wildman–Crippen MR) is 67.8 cm³/mol. The Hall–Kier alpha value is -1.88. The van der Waals surface area contributed by atoms with Crippen LogP contribution in [0.5, 0.6) is 0 Å². The third-order valence-corrected chi connectivity index (χ3v) is 2.69. The fraction of sp³-hybridized carbons (Fsp3) is 0.385. The second-order valence-corrected chi connectivity index (χ2v) is 4.46. The molecule has 0 radical (unpaired) electrons. The number of carboxylic acid groups (broad SMARTS) is 1. The van der Waals surface area contributed by atoms with E-state index in [1.165, 1.54) is 0 Å². The van der Waals surface area contributed by atoms with Crippen LogP contribution in [0.2, 0.25) is 0 Å². The summed E-state index contributed by atoms with van der Waals surface area (Å²) in [5.41, 5.74) is 6.20. The van der Waals surface area contributed by atoms with Gasteiger partial charge in [0.15, 0.2) is 6.04 Å². The van der Waals surface area contributed by atoms with Crippen molar-refractivity contribution in [3.8, 4) is 0 Å². The molecule has 0 saturated carbocycles. The van der Waals surface area contributed by atoms with Crippen LogP contribution in [0.15, 0.2) is 30.3 Å². The van der Waals surface area contributed by atoms with Gasteiger partial charge < -0.3 is 16.2 Å². The molecule has 4 N–H and O–H groups in total. The van der Waals surface area contributed by atoms with E-state index in [-0.39, 0.29) is 5.92 Å². The van der Waals surface area contributed by atoms with E-state index in [4.69, 9.17) is 10.8 Å². The fourth-order valence-corrected chi connectivity index (χ4v) is 1.47. The summed E-state index contributed by atoms with van der Waals surface area (Å²) in [6, 6.07) is 6.75. The first-order valence-corrected chi connectivity index (χ1v) is 5.77. The number of hydrogen-bond donors (Lipinski definition) is 3. The highest BCUT2D eigenvalue weighted by molar-refractivity contribution is 5.87. The van der Waals surface area contributed by atoms with Crippen molar-refractivity contribution in [2.75, 3.05) is 0 Å². The van der Waals surface area contributed by atoms with Crippen molar-refractivity contribution in [1.29, 1.82) is 0 Å². The van der Waals surface area contributed by atoms with Crippen LogP contribution in [0, 0.1) is 5.92 Å². The number of carbonyl (C=O) groups is 2. The minimum atomic E-state index is -1.11. The van der Waals surface area contributed by atoms with Gasteiger partial charge in [0.05, 0.1) is 6.04 Å².